The fourth-order valence-corrected chi connectivity index (χ4v) is 1.58. The van der Waals surface area contributed by atoms with Gasteiger partial charge in [0.05, 0.1) is 0 Å². The molecule has 1 amide bonds. The Morgan fingerprint density at radius 1 is 1.31 bits per heavy atom. The summed E-state index contributed by atoms with van der Waals surface area (Å²) in [4.78, 5) is 10.8. The molecule has 1 atom stereocenters. The van der Waals surface area contributed by atoms with Gasteiger partial charge in [-0.3, -0.25) is 4.79 Å². The van der Waals surface area contributed by atoms with Crippen LogP contribution in [0.15, 0.2) is 24.3 Å². The molecule has 1 N–H and O–H groups in total. The zero-order valence-corrected chi connectivity index (χ0v) is 10.4. The number of benzene rings is 1. The molecule has 1 rings (SSSR count). The van der Waals surface area contributed by atoms with Crippen LogP contribution in [0.4, 0.5) is 5.69 Å². The highest BCUT2D eigenvalue weighted by atomic mass is 16.1. The maximum absolute atomic E-state index is 10.8. The first-order valence-corrected chi connectivity index (χ1v) is 5.98. The second-order valence-electron chi connectivity index (χ2n) is 4.43. The molecule has 1 unspecified atom stereocenters. The van der Waals surface area contributed by atoms with Crippen molar-refractivity contribution in [3.05, 3.63) is 29.8 Å². The summed E-state index contributed by atoms with van der Waals surface area (Å²) in [6.07, 6.45) is 3.59. The smallest absolute Gasteiger partial charge is 0.221 e. The lowest BCUT2D eigenvalue weighted by molar-refractivity contribution is -0.114. The molecule has 0 saturated carbocycles. The summed E-state index contributed by atoms with van der Waals surface area (Å²) in [6.45, 7) is 6.03. The lowest BCUT2D eigenvalue weighted by Crippen LogP contribution is -2.05. The quantitative estimate of drug-likeness (QED) is 0.805. The number of anilines is 1. The second-order valence-corrected chi connectivity index (χ2v) is 4.43. The van der Waals surface area contributed by atoms with Crippen LogP contribution in [0.25, 0.3) is 0 Å². The molecule has 2 nitrogen and oxygen atoms in total. The van der Waals surface area contributed by atoms with Crippen LogP contribution in [0, 0.1) is 5.92 Å². The van der Waals surface area contributed by atoms with Gasteiger partial charge in [-0.25, -0.2) is 0 Å². The van der Waals surface area contributed by atoms with E-state index in [1.54, 1.807) is 0 Å². The lowest BCUT2D eigenvalue weighted by atomic mass is 9.99. The monoisotopic (exact) mass is 219 g/mol. The first kappa shape index (κ1) is 12.8. The predicted octanol–water partition coefficient (Wildman–Crippen LogP) is 3.62. The molecule has 0 heterocycles. The maximum atomic E-state index is 10.8. The van der Waals surface area contributed by atoms with Crippen molar-refractivity contribution in [2.45, 2.75) is 40.0 Å². The Hall–Kier alpha value is -1.31. The molecular weight excluding hydrogens is 198 g/mol. The minimum absolute atomic E-state index is 0.0210. The van der Waals surface area contributed by atoms with Crippen molar-refractivity contribution in [3.8, 4) is 0 Å². The van der Waals surface area contributed by atoms with E-state index in [1.807, 2.05) is 12.1 Å². The van der Waals surface area contributed by atoms with Crippen molar-refractivity contribution in [3.63, 3.8) is 0 Å². The van der Waals surface area contributed by atoms with E-state index in [9.17, 15) is 4.79 Å². The van der Waals surface area contributed by atoms with Gasteiger partial charge in [0.25, 0.3) is 0 Å². The van der Waals surface area contributed by atoms with Crippen molar-refractivity contribution in [1.82, 2.24) is 0 Å². The average molecular weight is 219 g/mol. The first-order chi connectivity index (χ1) is 7.61. The molecule has 1 aromatic carbocycles. The molecule has 0 spiro atoms. The Kier molecular flexibility index (Phi) is 5.03. The van der Waals surface area contributed by atoms with E-state index in [0.29, 0.717) is 0 Å². The Labute approximate surface area is 98.1 Å². The van der Waals surface area contributed by atoms with Crippen LogP contribution in [0.1, 0.15) is 39.2 Å². The maximum Gasteiger partial charge on any atom is 0.221 e. The van der Waals surface area contributed by atoms with Gasteiger partial charge in [-0.15, -0.1) is 0 Å². The van der Waals surface area contributed by atoms with Gasteiger partial charge in [0.2, 0.25) is 5.91 Å². The SMILES string of the molecule is CCC(C)CCc1ccc(NC(C)=O)cc1. The third-order valence-electron chi connectivity index (χ3n) is 2.90. The molecule has 0 aliphatic carbocycles. The van der Waals surface area contributed by atoms with Gasteiger partial charge in [-0.1, -0.05) is 32.4 Å². The summed E-state index contributed by atoms with van der Waals surface area (Å²) in [5, 5.41) is 2.77. The van der Waals surface area contributed by atoms with Crippen LogP contribution in [-0.4, -0.2) is 5.91 Å². The molecule has 0 aromatic heterocycles. The van der Waals surface area contributed by atoms with E-state index in [1.165, 1.54) is 25.3 Å². The number of hydrogen-bond donors (Lipinski definition) is 1. The van der Waals surface area contributed by atoms with Crippen LogP contribution in [0.5, 0.6) is 0 Å². The summed E-state index contributed by atoms with van der Waals surface area (Å²) in [5.41, 5.74) is 2.22. The highest BCUT2D eigenvalue weighted by Crippen LogP contribution is 2.14. The standard InChI is InChI=1S/C14H21NO/c1-4-11(2)5-6-13-7-9-14(10-8-13)15-12(3)16/h7-11H,4-6H2,1-3H3,(H,15,16). The van der Waals surface area contributed by atoms with E-state index < -0.39 is 0 Å². The summed E-state index contributed by atoms with van der Waals surface area (Å²) in [7, 11) is 0. The normalized spacial score (nSPS) is 12.2. The van der Waals surface area contributed by atoms with Crippen LogP contribution >= 0.6 is 0 Å². The number of amides is 1. The van der Waals surface area contributed by atoms with Gasteiger partial charge >= 0.3 is 0 Å². The third-order valence-corrected chi connectivity index (χ3v) is 2.90. The van der Waals surface area contributed by atoms with Gasteiger partial charge in [-0.2, -0.15) is 0 Å². The van der Waals surface area contributed by atoms with E-state index >= 15 is 0 Å². The third kappa shape index (κ3) is 4.47. The second kappa shape index (κ2) is 6.31. The van der Waals surface area contributed by atoms with E-state index in [0.717, 1.165) is 18.0 Å². The molecular formula is C14H21NO. The summed E-state index contributed by atoms with van der Waals surface area (Å²) in [5.74, 6) is 0.766. The zero-order chi connectivity index (χ0) is 12.0. The molecule has 0 bridgehead atoms. The molecule has 0 aliphatic heterocycles. The highest BCUT2D eigenvalue weighted by molar-refractivity contribution is 5.88. The van der Waals surface area contributed by atoms with E-state index in [4.69, 9.17) is 0 Å². The Morgan fingerprint density at radius 2 is 1.94 bits per heavy atom. The van der Waals surface area contributed by atoms with Crippen molar-refractivity contribution >= 4 is 11.6 Å². The first-order valence-electron chi connectivity index (χ1n) is 5.98. The van der Waals surface area contributed by atoms with Gasteiger partial charge in [0.1, 0.15) is 0 Å². The van der Waals surface area contributed by atoms with E-state index in [2.05, 4.69) is 31.3 Å². The lowest BCUT2D eigenvalue weighted by Gasteiger charge is -2.08. The van der Waals surface area contributed by atoms with E-state index in [-0.39, 0.29) is 5.91 Å². The largest absolute Gasteiger partial charge is 0.326 e. The van der Waals surface area contributed by atoms with Crippen molar-refractivity contribution < 1.29 is 4.79 Å². The highest BCUT2D eigenvalue weighted by Gasteiger charge is 2.00. The Bertz CT molecular complexity index is 329. The number of carbonyl (C=O) groups is 1. The van der Waals surface area contributed by atoms with Gasteiger partial charge in [0.15, 0.2) is 0 Å². The fraction of sp³-hybridized carbons (Fsp3) is 0.500. The summed E-state index contributed by atoms with van der Waals surface area (Å²) >= 11 is 0. The van der Waals surface area contributed by atoms with Crippen LogP contribution in [0.3, 0.4) is 0 Å². The van der Waals surface area contributed by atoms with Gasteiger partial charge in [0, 0.05) is 12.6 Å². The summed E-state index contributed by atoms with van der Waals surface area (Å²) < 4.78 is 0. The van der Waals surface area contributed by atoms with Crippen molar-refractivity contribution in [2.24, 2.45) is 5.92 Å². The molecule has 0 saturated heterocycles. The number of nitrogens with one attached hydrogen (secondary N) is 1. The zero-order valence-electron chi connectivity index (χ0n) is 10.4. The number of rotatable bonds is 5. The number of hydrogen-bond acceptors (Lipinski definition) is 1. The molecule has 0 radical (unpaired) electrons. The minimum atomic E-state index is -0.0210. The topological polar surface area (TPSA) is 29.1 Å². The predicted molar refractivity (Wildman–Crippen MR) is 68.5 cm³/mol. The Morgan fingerprint density at radius 3 is 2.44 bits per heavy atom. The van der Waals surface area contributed by atoms with Gasteiger partial charge < -0.3 is 5.32 Å². The van der Waals surface area contributed by atoms with Crippen LogP contribution in [-0.2, 0) is 11.2 Å². The molecule has 88 valence electrons. The molecule has 16 heavy (non-hydrogen) atoms. The Balaban J connectivity index is 2.48. The van der Waals surface area contributed by atoms with Crippen molar-refractivity contribution in [2.75, 3.05) is 5.32 Å². The minimum Gasteiger partial charge on any atom is -0.326 e. The van der Waals surface area contributed by atoms with Gasteiger partial charge in [-0.05, 0) is 36.5 Å². The fourth-order valence-electron chi connectivity index (χ4n) is 1.58. The van der Waals surface area contributed by atoms with Crippen LogP contribution in [0.2, 0.25) is 0 Å². The molecule has 2 heteroatoms. The molecule has 0 fully saturated rings. The molecule has 1 aromatic rings. The number of carbonyl (C=O) groups excluding carboxylic acids is 1. The van der Waals surface area contributed by atoms with Crippen molar-refractivity contribution in [1.29, 1.82) is 0 Å². The summed E-state index contributed by atoms with van der Waals surface area (Å²) in [6, 6.07) is 8.11. The molecule has 0 aliphatic rings. The van der Waals surface area contributed by atoms with Crippen LogP contribution < -0.4 is 5.32 Å². The average Bonchev–Trinajstić information content (AvgIpc) is 2.27. The number of aryl methyl sites for hydroxylation is 1.